The zero-order chi connectivity index (χ0) is 17.4. The Hall–Kier alpha value is -1.35. The molecule has 138 valence electrons. The van der Waals surface area contributed by atoms with Crippen molar-refractivity contribution in [1.82, 2.24) is 15.6 Å². The van der Waals surface area contributed by atoms with E-state index in [0.29, 0.717) is 6.54 Å². The summed E-state index contributed by atoms with van der Waals surface area (Å²) in [7, 11) is 2.10. The molecule has 2 rings (SSSR count). The number of halogens is 1. The third kappa shape index (κ3) is 7.19. The first-order chi connectivity index (χ1) is 11.6. The zero-order valence-electron chi connectivity index (χ0n) is 15.4. The van der Waals surface area contributed by atoms with E-state index in [2.05, 4.69) is 70.7 Å². The van der Waals surface area contributed by atoms with Crippen LogP contribution in [0.4, 0.5) is 5.69 Å². The highest BCUT2D eigenvalue weighted by Gasteiger charge is 2.04. The van der Waals surface area contributed by atoms with Crippen LogP contribution < -0.4 is 15.5 Å². The van der Waals surface area contributed by atoms with Gasteiger partial charge in [0.2, 0.25) is 0 Å². The maximum Gasteiger partial charge on any atom is 0.191 e. The molecule has 1 aromatic carbocycles. The van der Waals surface area contributed by atoms with Gasteiger partial charge in [0.25, 0.3) is 0 Å². The molecule has 0 atom stereocenters. The van der Waals surface area contributed by atoms with Crippen molar-refractivity contribution < 1.29 is 0 Å². The Morgan fingerprint density at radius 1 is 1.20 bits per heavy atom. The van der Waals surface area contributed by atoms with Crippen molar-refractivity contribution in [3.63, 3.8) is 0 Å². The van der Waals surface area contributed by atoms with Gasteiger partial charge in [-0.1, -0.05) is 18.2 Å². The lowest BCUT2D eigenvalue weighted by atomic mass is 10.3. The van der Waals surface area contributed by atoms with Crippen molar-refractivity contribution in [2.24, 2.45) is 4.99 Å². The van der Waals surface area contributed by atoms with Gasteiger partial charge < -0.3 is 15.5 Å². The van der Waals surface area contributed by atoms with Crippen LogP contribution in [0.2, 0.25) is 0 Å². The molecule has 5 nitrogen and oxygen atoms in total. The Bertz CT molecular complexity index is 637. The van der Waals surface area contributed by atoms with E-state index in [-0.39, 0.29) is 24.0 Å². The first-order valence-corrected chi connectivity index (χ1v) is 9.13. The number of anilines is 1. The van der Waals surface area contributed by atoms with E-state index >= 15 is 0 Å². The lowest BCUT2D eigenvalue weighted by molar-refractivity contribution is 0.780. The number of thiazole rings is 1. The van der Waals surface area contributed by atoms with E-state index < -0.39 is 0 Å². The fourth-order valence-corrected chi connectivity index (χ4v) is 3.11. The Labute approximate surface area is 172 Å². The van der Waals surface area contributed by atoms with Gasteiger partial charge in [-0.15, -0.1) is 35.3 Å². The molecule has 0 amide bonds. The Kier molecular flexibility index (Phi) is 9.81. The van der Waals surface area contributed by atoms with Crippen LogP contribution in [0.25, 0.3) is 0 Å². The summed E-state index contributed by atoms with van der Waals surface area (Å²) in [5, 5.41) is 7.73. The molecule has 0 radical (unpaired) electrons. The maximum absolute atomic E-state index is 4.63. The number of nitrogens with zero attached hydrogens (tertiary/aromatic N) is 3. The lowest BCUT2D eigenvalue weighted by Gasteiger charge is -2.20. The summed E-state index contributed by atoms with van der Waals surface area (Å²) in [6, 6.07) is 10.4. The van der Waals surface area contributed by atoms with E-state index in [1.54, 1.807) is 11.3 Å². The second-order valence-electron chi connectivity index (χ2n) is 5.63. The number of aliphatic imine (C=N–C) groups is 1. The monoisotopic (exact) mass is 473 g/mol. The second kappa shape index (κ2) is 11.3. The minimum atomic E-state index is 0. The van der Waals surface area contributed by atoms with Gasteiger partial charge in [-0.25, -0.2) is 9.98 Å². The molecule has 1 heterocycles. The average Bonchev–Trinajstić information content (AvgIpc) is 2.91. The number of hydrogen-bond donors (Lipinski definition) is 2. The van der Waals surface area contributed by atoms with E-state index in [4.69, 9.17) is 0 Å². The fraction of sp³-hybridized carbons (Fsp3) is 0.444. The second-order valence-corrected chi connectivity index (χ2v) is 6.92. The molecular formula is C18H28IN5S. The molecule has 1 aromatic heterocycles. The van der Waals surface area contributed by atoms with Crippen LogP contribution in [0.15, 0.2) is 35.3 Å². The first kappa shape index (κ1) is 21.7. The summed E-state index contributed by atoms with van der Waals surface area (Å²) < 4.78 is 0. The molecule has 0 saturated heterocycles. The fourth-order valence-electron chi connectivity index (χ4n) is 2.25. The van der Waals surface area contributed by atoms with E-state index in [1.807, 2.05) is 13.0 Å². The maximum atomic E-state index is 4.63. The van der Waals surface area contributed by atoms with Crippen LogP contribution in [0.1, 0.15) is 22.5 Å². The summed E-state index contributed by atoms with van der Waals surface area (Å²) in [4.78, 5) is 12.7. The highest BCUT2D eigenvalue weighted by Crippen LogP contribution is 2.16. The lowest BCUT2D eigenvalue weighted by Crippen LogP contribution is -2.41. The normalized spacial score (nSPS) is 11.0. The molecule has 0 aliphatic heterocycles. The average molecular weight is 473 g/mol. The van der Waals surface area contributed by atoms with Crippen LogP contribution in [0.3, 0.4) is 0 Å². The van der Waals surface area contributed by atoms with Crippen LogP contribution in [0, 0.1) is 13.8 Å². The van der Waals surface area contributed by atoms with Crippen molar-refractivity contribution >= 4 is 47.0 Å². The summed E-state index contributed by atoms with van der Waals surface area (Å²) in [6.07, 6.45) is 0. The van der Waals surface area contributed by atoms with Gasteiger partial charge in [-0.2, -0.15) is 0 Å². The number of nitrogens with one attached hydrogen (secondary N) is 2. The minimum Gasteiger partial charge on any atom is -0.373 e. The predicted octanol–water partition coefficient (Wildman–Crippen LogP) is 3.57. The molecule has 0 unspecified atom stereocenters. The molecule has 0 bridgehead atoms. The summed E-state index contributed by atoms with van der Waals surface area (Å²) in [6.45, 7) is 9.41. The van der Waals surface area contributed by atoms with Gasteiger partial charge in [0.15, 0.2) is 5.96 Å². The standard InChI is InChI=1S/C18H27N5S.HI/c1-5-19-18(21-13-17-22-14(2)15(3)24-17)20-11-12-23(4)16-9-7-6-8-10-16;/h6-10H,5,11-13H2,1-4H3,(H2,19,20,21);1H. The summed E-state index contributed by atoms with van der Waals surface area (Å²) in [5.41, 5.74) is 2.32. The number of aromatic nitrogens is 1. The molecule has 7 heteroatoms. The van der Waals surface area contributed by atoms with Crippen molar-refractivity contribution in [3.05, 3.63) is 45.9 Å². The molecule has 0 aliphatic carbocycles. The topological polar surface area (TPSA) is 52.6 Å². The van der Waals surface area contributed by atoms with Crippen molar-refractivity contribution in [2.75, 3.05) is 31.6 Å². The third-order valence-corrected chi connectivity index (χ3v) is 4.78. The molecule has 2 N–H and O–H groups in total. The Morgan fingerprint density at radius 2 is 1.92 bits per heavy atom. The number of aryl methyl sites for hydroxylation is 2. The third-order valence-electron chi connectivity index (χ3n) is 3.73. The number of benzene rings is 1. The Morgan fingerprint density at radius 3 is 2.52 bits per heavy atom. The van der Waals surface area contributed by atoms with Crippen LogP contribution >= 0.6 is 35.3 Å². The smallest absolute Gasteiger partial charge is 0.191 e. The van der Waals surface area contributed by atoms with E-state index in [1.165, 1.54) is 10.6 Å². The van der Waals surface area contributed by atoms with Gasteiger partial charge in [0, 0.05) is 37.2 Å². The first-order valence-electron chi connectivity index (χ1n) is 8.31. The van der Waals surface area contributed by atoms with Gasteiger partial charge >= 0.3 is 0 Å². The molecule has 0 aliphatic rings. The molecule has 25 heavy (non-hydrogen) atoms. The highest BCUT2D eigenvalue weighted by atomic mass is 127. The molecule has 0 fully saturated rings. The summed E-state index contributed by atoms with van der Waals surface area (Å²) >= 11 is 1.72. The number of likely N-dealkylation sites (N-methyl/N-ethyl adjacent to an activating group) is 1. The number of rotatable bonds is 7. The van der Waals surface area contributed by atoms with Crippen LogP contribution in [-0.4, -0.2) is 37.6 Å². The van der Waals surface area contributed by atoms with E-state index in [9.17, 15) is 0 Å². The van der Waals surface area contributed by atoms with Gasteiger partial charge in [0.1, 0.15) is 5.01 Å². The van der Waals surface area contributed by atoms with Crippen LogP contribution in [-0.2, 0) is 6.54 Å². The van der Waals surface area contributed by atoms with Crippen LogP contribution in [0.5, 0.6) is 0 Å². The van der Waals surface area contributed by atoms with Crippen molar-refractivity contribution in [3.8, 4) is 0 Å². The van der Waals surface area contributed by atoms with E-state index in [0.717, 1.165) is 36.3 Å². The number of para-hydroxylation sites is 1. The Balaban J connectivity index is 0.00000312. The van der Waals surface area contributed by atoms with Gasteiger partial charge in [-0.3, -0.25) is 0 Å². The molecular weight excluding hydrogens is 445 g/mol. The number of guanidine groups is 1. The minimum absolute atomic E-state index is 0. The zero-order valence-corrected chi connectivity index (χ0v) is 18.5. The van der Waals surface area contributed by atoms with Gasteiger partial charge in [0.05, 0.1) is 12.2 Å². The van der Waals surface area contributed by atoms with Crippen molar-refractivity contribution in [2.45, 2.75) is 27.3 Å². The van der Waals surface area contributed by atoms with Gasteiger partial charge in [-0.05, 0) is 32.9 Å². The summed E-state index contributed by atoms with van der Waals surface area (Å²) in [5.74, 6) is 0.837. The number of hydrogen-bond acceptors (Lipinski definition) is 4. The highest BCUT2D eigenvalue weighted by molar-refractivity contribution is 14.0. The predicted molar refractivity (Wildman–Crippen MR) is 120 cm³/mol. The molecule has 2 aromatic rings. The largest absolute Gasteiger partial charge is 0.373 e. The SMILES string of the molecule is CCNC(=NCc1nc(C)c(C)s1)NCCN(C)c1ccccc1.I. The molecule has 0 spiro atoms. The molecule has 0 saturated carbocycles. The van der Waals surface area contributed by atoms with Crippen molar-refractivity contribution in [1.29, 1.82) is 0 Å². The quantitative estimate of drug-likeness (QED) is 0.367.